The van der Waals surface area contributed by atoms with Gasteiger partial charge in [0.25, 0.3) is 0 Å². The topological polar surface area (TPSA) is 55.6 Å². The van der Waals surface area contributed by atoms with Gasteiger partial charge in [-0.3, -0.25) is 4.79 Å². The normalized spacial score (nSPS) is 17.3. The van der Waals surface area contributed by atoms with Crippen molar-refractivity contribution in [3.8, 4) is 11.5 Å². The first-order chi connectivity index (χ1) is 11.0. The summed E-state index contributed by atoms with van der Waals surface area (Å²) in [7, 11) is 0. The number of primary amides is 1. The molecular formula is C17H16ClFN2O2. The Hall–Kier alpha value is -2.27. The van der Waals surface area contributed by atoms with Gasteiger partial charge in [-0.25, -0.2) is 4.39 Å². The van der Waals surface area contributed by atoms with E-state index in [1.165, 1.54) is 24.3 Å². The van der Waals surface area contributed by atoms with Crippen LogP contribution in [0.4, 0.5) is 10.1 Å². The van der Waals surface area contributed by atoms with Gasteiger partial charge in [-0.2, -0.15) is 0 Å². The van der Waals surface area contributed by atoms with E-state index < -0.39 is 0 Å². The second-order valence-corrected chi connectivity index (χ2v) is 5.91. The Morgan fingerprint density at radius 1 is 1.26 bits per heavy atom. The van der Waals surface area contributed by atoms with Crippen molar-refractivity contribution in [2.24, 2.45) is 11.7 Å². The van der Waals surface area contributed by atoms with Gasteiger partial charge >= 0.3 is 0 Å². The number of ether oxygens (including phenoxy) is 1. The average molecular weight is 335 g/mol. The number of halogens is 2. The summed E-state index contributed by atoms with van der Waals surface area (Å²) < 4.78 is 18.7. The van der Waals surface area contributed by atoms with E-state index in [-0.39, 0.29) is 17.6 Å². The third kappa shape index (κ3) is 3.56. The van der Waals surface area contributed by atoms with Crippen LogP contribution in [0.15, 0.2) is 42.5 Å². The van der Waals surface area contributed by atoms with E-state index in [1.807, 2.05) is 12.1 Å². The van der Waals surface area contributed by atoms with E-state index in [1.54, 1.807) is 6.07 Å². The van der Waals surface area contributed by atoms with Crippen LogP contribution in [0, 0.1) is 11.7 Å². The van der Waals surface area contributed by atoms with Gasteiger partial charge in [-0.1, -0.05) is 11.6 Å². The van der Waals surface area contributed by atoms with Gasteiger partial charge in [0.2, 0.25) is 5.91 Å². The Labute approximate surface area is 138 Å². The van der Waals surface area contributed by atoms with Crippen LogP contribution >= 0.6 is 11.6 Å². The molecule has 0 saturated carbocycles. The molecule has 3 rings (SSSR count). The highest BCUT2D eigenvalue weighted by Crippen LogP contribution is 2.34. The molecule has 1 aliphatic heterocycles. The summed E-state index contributed by atoms with van der Waals surface area (Å²) in [5.74, 6) is 0.253. The molecular weight excluding hydrogens is 319 g/mol. The maximum Gasteiger partial charge on any atom is 0.222 e. The first kappa shape index (κ1) is 15.6. The molecule has 2 aromatic carbocycles. The molecule has 1 unspecified atom stereocenters. The predicted octanol–water partition coefficient (Wildman–Crippen LogP) is 3.58. The lowest BCUT2D eigenvalue weighted by Gasteiger charge is -2.19. The van der Waals surface area contributed by atoms with Crippen molar-refractivity contribution in [2.45, 2.75) is 6.42 Å². The van der Waals surface area contributed by atoms with Crippen LogP contribution in [0.1, 0.15) is 6.42 Å². The van der Waals surface area contributed by atoms with Gasteiger partial charge in [-0.15, -0.1) is 0 Å². The molecule has 0 radical (unpaired) electrons. The summed E-state index contributed by atoms with van der Waals surface area (Å²) in [5.41, 5.74) is 6.28. The highest BCUT2D eigenvalue weighted by Gasteiger charge is 2.27. The van der Waals surface area contributed by atoms with E-state index in [2.05, 4.69) is 4.90 Å². The van der Waals surface area contributed by atoms with Crippen LogP contribution < -0.4 is 15.4 Å². The number of hydrogen-bond acceptors (Lipinski definition) is 3. The number of rotatable bonds is 4. The van der Waals surface area contributed by atoms with Crippen LogP contribution in [-0.2, 0) is 4.79 Å². The first-order valence-corrected chi connectivity index (χ1v) is 7.68. The second kappa shape index (κ2) is 6.46. The summed E-state index contributed by atoms with van der Waals surface area (Å²) in [5, 5.41) is 0.462. The quantitative estimate of drug-likeness (QED) is 0.929. The lowest BCUT2D eigenvalue weighted by molar-refractivity contribution is -0.121. The van der Waals surface area contributed by atoms with Gasteiger partial charge in [-0.05, 0) is 42.8 Å². The number of carbonyl (C=O) groups excluding carboxylic acids is 1. The number of nitrogens with two attached hydrogens (primary N) is 1. The van der Waals surface area contributed by atoms with Crippen molar-refractivity contribution in [2.75, 3.05) is 18.0 Å². The molecule has 0 aromatic heterocycles. The Kier molecular flexibility index (Phi) is 4.39. The van der Waals surface area contributed by atoms with E-state index >= 15 is 0 Å². The predicted molar refractivity (Wildman–Crippen MR) is 87.4 cm³/mol. The Balaban J connectivity index is 1.79. The standard InChI is InChI=1S/C17H16ClFN2O2/c18-15-6-3-13(21-8-7-11(10-21)17(20)22)9-16(15)23-14-4-1-12(19)2-5-14/h1-6,9,11H,7-8,10H2,(H2,20,22). The van der Waals surface area contributed by atoms with Crippen molar-refractivity contribution in [3.63, 3.8) is 0 Å². The minimum Gasteiger partial charge on any atom is -0.456 e. The van der Waals surface area contributed by atoms with Crippen LogP contribution in [0.25, 0.3) is 0 Å². The minimum atomic E-state index is -0.327. The van der Waals surface area contributed by atoms with Gasteiger partial charge in [0.1, 0.15) is 17.3 Å². The lowest BCUT2D eigenvalue weighted by Crippen LogP contribution is -2.27. The number of hydrogen-bond donors (Lipinski definition) is 1. The second-order valence-electron chi connectivity index (χ2n) is 5.50. The van der Waals surface area contributed by atoms with Gasteiger partial charge in [0.15, 0.2) is 0 Å². The molecule has 2 aromatic rings. The van der Waals surface area contributed by atoms with Crippen molar-refractivity contribution in [1.29, 1.82) is 0 Å². The zero-order valence-electron chi connectivity index (χ0n) is 12.3. The summed E-state index contributed by atoms with van der Waals surface area (Å²) in [6, 6.07) is 11.2. The first-order valence-electron chi connectivity index (χ1n) is 7.30. The van der Waals surface area contributed by atoms with E-state index in [9.17, 15) is 9.18 Å². The van der Waals surface area contributed by atoms with Crippen LogP contribution in [0.3, 0.4) is 0 Å². The molecule has 0 aliphatic carbocycles. The molecule has 1 amide bonds. The monoisotopic (exact) mass is 334 g/mol. The van der Waals surface area contributed by atoms with Crippen molar-refractivity contribution >= 4 is 23.2 Å². The summed E-state index contributed by atoms with van der Waals surface area (Å²) in [6.45, 7) is 1.35. The third-order valence-electron chi connectivity index (χ3n) is 3.91. The Bertz CT molecular complexity index is 721. The zero-order chi connectivity index (χ0) is 16.4. The van der Waals surface area contributed by atoms with Crippen LogP contribution in [0.5, 0.6) is 11.5 Å². The Morgan fingerprint density at radius 3 is 2.65 bits per heavy atom. The molecule has 2 N–H and O–H groups in total. The highest BCUT2D eigenvalue weighted by atomic mass is 35.5. The van der Waals surface area contributed by atoms with E-state index in [0.717, 1.165) is 18.7 Å². The van der Waals surface area contributed by atoms with Gasteiger partial charge in [0.05, 0.1) is 10.9 Å². The number of amides is 1. The molecule has 4 nitrogen and oxygen atoms in total. The molecule has 120 valence electrons. The van der Waals surface area contributed by atoms with E-state index in [0.29, 0.717) is 23.1 Å². The van der Waals surface area contributed by atoms with Crippen molar-refractivity contribution < 1.29 is 13.9 Å². The smallest absolute Gasteiger partial charge is 0.222 e. The fraction of sp³-hybridized carbons (Fsp3) is 0.235. The van der Waals surface area contributed by atoms with Crippen molar-refractivity contribution in [3.05, 3.63) is 53.3 Å². The minimum absolute atomic E-state index is 0.132. The van der Waals surface area contributed by atoms with Gasteiger partial charge in [0, 0.05) is 24.8 Å². The molecule has 6 heteroatoms. The SMILES string of the molecule is NC(=O)C1CCN(c2ccc(Cl)c(Oc3ccc(F)cc3)c2)C1. The molecule has 1 atom stereocenters. The molecule has 1 saturated heterocycles. The number of benzene rings is 2. The number of anilines is 1. The third-order valence-corrected chi connectivity index (χ3v) is 4.22. The lowest BCUT2D eigenvalue weighted by atomic mass is 10.1. The van der Waals surface area contributed by atoms with E-state index in [4.69, 9.17) is 22.1 Å². The molecule has 1 fully saturated rings. The maximum absolute atomic E-state index is 12.9. The number of nitrogens with zero attached hydrogens (tertiary/aromatic N) is 1. The summed E-state index contributed by atoms with van der Waals surface area (Å²) in [4.78, 5) is 13.4. The molecule has 0 bridgehead atoms. The van der Waals surface area contributed by atoms with Gasteiger partial charge < -0.3 is 15.4 Å². The average Bonchev–Trinajstić information content (AvgIpc) is 3.02. The van der Waals surface area contributed by atoms with Crippen LogP contribution in [-0.4, -0.2) is 19.0 Å². The fourth-order valence-corrected chi connectivity index (χ4v) is 2.78. The fourth-order valence-electron chi connectivity index (χ4n) is 2.62. The largest absolute Gasteiger partial charge is 0.456 e. The maximum atomic E-state index is 12.9. The van der Waals surface area contributed by atoms with Crippen LogP contribution in [0.2, 0.25) is 5.02 Å². The zero-order valence-corrected chi connectivity index (χ0v) is 13.1. The molecule has 1 heterocycles. The Morgan fingerprint density at radius 2 is 2.00 bits per heavy atom. The highest BCUT2D eigenvalue weighted by molar-refractivity contribution is 6.32. The summed E-state index contributed by atoms with van der Waals surface area (Å²) in [6.07, 6.45) is 0.742. The number of carbonyl (C=O) groups is 1. The van der Waals surface area contributed by atoms with Crippen molar-refractivity contribution in [1.82, 2.24) is 0 Å². The summed E-state index contributed by atoms with van der Waals surface area (Å²) >= 11 is 6.17. The molecule has 23 heavy (non-hydrogen) atoms. The molecule has 1 aliphatic rings. The molecule has 0 spiro atoms.